The largest absolute Gasteiger partial charge is 0.479 e. The Balaban J connectivity index is 1.40. The quantitative estimate of drug-likeness (QED) is 0.701. The Bertz CT molecular complexity index is 996. The summed E-state index contributed by atoms with van der Waals surface area (Å²) in [6.07, 6.45) is 2.95. The zero-order chi connectivity index (χ0) is 21.8. The molecule has 0 heterocycles. The van der Waals surface area contributed by atoms with Crippen LogP contribution in [0.15, 0.2) is 48.5 Å². The normalized spacial score (nSPS) is 23.8. The predicted molar refractivity (Wildman–Crippen MR) is 118 cm³/mol. The van der Waals surface area contributed by atoms with Gasteiger partial charge in [-0.05, 0) is 59.8 Å². The Kier molecular flexibility index (Phi) is 4.61. The van der Waals surface area contributed by atoms with Crippen LogP contribution in [-0.2, 0) is 9.53 Å². The van der Waals surface area contributed by atoms with Crippen LogP contribution in [0.2, 0.25) is 0 Å². The lowest BCUT2D eigenvalue weighted by atomic mass is 9.86. The molecule has 0 aliphatic heterocycles. The molecule has 3 aliphatic rings. The van der Waals surface area contributed by atoms with Crippen LogP contribution in [0, 0.1) is 5.41 Å². The van der Waals surface area contributed by atoms with Crippen molar-refractivity contribution < 1.29 is 19.4 Å². The number of ether oxygens (including phenoxy) is 1. The van der Waals surface area contributed by atoms with Crippen LogP contribution in [0.4, 0.5) is 4.79 Å². The number of hydrogen-bond acceptors (Lipinski definition) is 3. The number of fused-ring (bicyclic) bond motifs is 3. The first kappa shape index (κ1) is 20.1. The van der Waals surface area contributed by atoms with E-state index in [1.807, 2.05) is 24.3 Å². The van der Waals surface area contributed by atoms with Crippen LogP contribution in [0.3, 0.4) is 0 Å². The van der Waals surface area contributed by atoms with E-state index in [9.17, 15) is 14.7 Å². The van der Waals surface area contributed by atoms with Gasteiger partial charge in [0.1, 0.15) is 12.1 Å². The van der Waals surface area contributed by atoms with Crippen molar-refractivity contribution in [2.75, 3.05) is 6.61 Å². The maximum Gasteiger partial charge on any atom is 0.411 e. The minimum atomic E-state index is -1.16. The highest BCUT2D eigenvalue weighted by Gasteiger charge is 2.58. The number of carbonyl (C=O) groups excluding carboxylic acids is 1. The highest BCUT2D eigenvalue weighted by molar-refractivity contribution is 5.86. The van der Waals surface area contributed by atoms with Crippen molar-refractivity contribution >= 4 is 12.1 Å². The molecule has 2 fully saturated rings. The number of benzene rings is 2. The second-order valence-corrected chi connectivity index (χ2v) is 10.1. The maximum absolute atomic E-state index is 13.4. The number of carboxylic acids is 1. The molecule has 162 valence electrons. The lowest BCUT2D eigenvalue weighted by Gasteiger charge is -2.38. The number of carbonyl (C=O) groups is 2. The third-order valence-electron chi connectivity index (χ3n) is 7.29. The summed E-state index contributed by atoms with van der Waals surface area (Å²) in [5, 5.41) is 10.2. The SMILES string of the molecule is CC1(C)CCC(C(=O)O)(N(C(=O)OCC2c3ccccc3-c3ccccc32)C2CC2)C1. The highest BCUT2D eigenvalue weighted by Crippen LogP contribution is 2.50. The summed E-state index contributed by atoms with van der Waals surface area (Å²) in [5.41, 5.74) is 3.41. The minimum absolute atomic E-state index is 0.0272. The Labute approximate surface area is 183 Å². The van der Waals surface area contributed by atoms with Gasteiger partial charge in [-0.25, -0.2) is 9.59 Å². The first-order chi connectivity index (χ1) is 14.8. The Morgan fingerprint density at radius 1 is 1.00 bits per heavy atom. The molecular formula is C26H29NO4. The maximum atomic E-state index is 13.4. The summed E-state index contributed by atoms with van der Waals surface area (Å²) in [4.78, 5) is 27.4. The van der Waals surface area contributed by atoms with Crippen molar-refractivity contribution in [2.45, 2.75) is 63.5 Å². The molecule has 1 unspecified atom stereocenters. The van der Waals surface area contributed by atoms with Crippen molar-refractivity contribution in [1.82, 2.24) is 4.90 Å². The lowest BCUT2D eigenvalue weighted by molar-refractivity contribution is -0.151. The monoisotopic (exact) mass is 419 g/mol. The van der Waals surface area contributed by atoms with Gasteiger partial charge in [0.2, 0.25) is 0 Å². The van der Waals surface area contributed by atoms with Crippen LogP contribution in [0.5, 0.6) is 0 Å². The molecule has 0 radical (unpaired) electrons. The molecule has 2 saturated carbocycles. The zero-order valence-electron chi connectivity index (χ0n) is 18.1. The van der Waals surface area contributed by atoms with Gasteiger partial charge in [-0.1, -0.05) is 62.4 Å². The van der Waals surface area contributed by atoms with E-state index < -0.39 is 17.6 Å². The number of carboxylic acid groups (broad SMARTS) is 1. The first-order valence-electron chi connectivity index (χ1n) is 11.2. The van der Waals surface area contributed by atoms with E-state index in [0.29, 0.717) is 12.8 Å². The summed E-state index contributed by atoms with van der Waals surface area (Å²) in [6.45, 7) is 4.39. The van der Waals surface area contributed by atoms with Crippen LogP contribution in [-0.4, -0.2) is 40.3 Å². The number of aliphatic carboxylic acids is 1. The molecule has 0 saturated heterocycles. The Hall–Kier alpha value is -2.82. The average molecular weight is 420 g/mol. The predicted octanol–water partition coefficient (Wildman–Crippen LogP) is 5.43. The highest BCUT2D eigenvalue weighted by atomic mass is 16.6. The van der Waals surface area contributed by atoms with Gasteiger partial charge >= 0.3 is 12.1 Å². The van der Waals surface area contributed by atoms with Crippen LogP contribution in [0.25, 0.3) is 11.1 Å². The summed E-state index contributed by atoms with van der Waals surface area (Å²) in [7, 11) is 0. The molecule has 5 heteroatoms. The number of rotatable bonds is 5. The third kappa shape index (κ3) is 3.31. The molecule has 0 bridgehead atoms. The number of hydrogen-bond donors (Lipinski definition) is 1. The van der Waals surface area contributed by atoms with Gasteiger partial charge in [-0.15, -0.1) is 0 Å². The molecule has 1 amide bonds. The molecule has 1 atom stereocenters. The van der Waals surface area contributed by atoms with E-state index in [1.54, 1.807) is 4.90 Å². The van der Waals surface area contributed by atoms with Crippen molar-refractivity contribution in [3.8, 4) is 11.1 Å². The first-order valence-corrected chi connectivity index (χ1v) is 11.2. The lowest BCUT2D eigenvalue weighted by Crippen LogP contribution is -2.57. The van der Waals surface area contributed by atoms with Gasteiger partial charge in [0.15, 0.2) is 0 Å². The molecule has 0 aromatic heterocycles. The fourth-order valence-electron chi connectivity index (χ4n) is 5.67. The summed E-state index contributed by atoms with van der Waals surface area (Å²) in [6, 6.07) is 16.4. The van der Waals surface area contributed by atoms with Gasteiger partial charge in [-0.3, -0.25) is 4.90 Å². The molecule has 1 N–H and O–H groups in total. The second kappa shape index (κ2) is 7.11. The van der Waals surface area contributed by atoms with Crippen LogP contribution in [0.1, 0.15) is 63.0 Å². The molecule has 0 spiro atoms. The molecule has 5 nitrogen and oxygen atoms in total. The van der Waals surface area contributed by atoms with Crippen molar-refractivity contribution in [3.63, 3.8) is 0 Å². The number of nitrogens with zero attached hydrogens (tertiary/aromatic N) is 1. The zero-order valence-corrected chi connectivity index (χ0v) is 18.1. The molecule has 31 heavy (non-hydrogen) atoms. The third-order valence-corrected chi connectivity index (χ3v) is 7.29. The fourth-order valence-corrected chi connectivity index (χ4v) is 5.67. The van der Waals surface area contributed by atoms with Crippen LogP contribution >= 0.6 is 0 Å². The van der Waals surface area contributed by atoms with E-state index in [2.05, 4.69) is 38.1 Å². The van der Waals surface area contributed by atoms with E-state index in [-0.39, 0.29) is 24.0 Å². The van der Waals surface area contributed by atoms with Gasteiger partial charge in [-0.2, -0.15) is 0 Å². The topological polar surface area (TPSA) is 66.8 Å². The van der Waals surface area contributed by atoms with Crippen molar-refractivity contribution in [1.29, 1.82) is 0 Å². The molecular weight excluding hydrogens is 390 g/mol. The van der Waals surface area contributed by atoms with Crippen molar-refractivity contribution in [2.24, 2.45) is 5.41 Å². The summed E-state index contributed by atoms with van der Waals surface area (Å²) >= 11 is 0. The van der Waals surface area contributed by atoms with E-state index in [1.165, 1.54) is 11.1 Å². The number of amides is 1. The van der Waals surface area contributed by atoms with Gasteiger partial charge < -0.3 is 9.84 Å². The Morgan fingerprint density at radius 3 is 2.06 bits per heavy atom. The van der Waals surface area contributed by atoms with E-state index in [0.717, 1.165) is 30.4 Å². The molecule has 3 aliphatic carbocycles. The standard InChI is InChI=1S/C26H29NO4/c1-25(2)13-14-26(16-25,23(28)29)27(17-11-12-17)24(30)31-15-22-20-9-5-3-7-18(20)19-8-4-6-10-21(19)22/h3-10,17,22H,11-16H2,1-2H3,(H,28,29). The summed E-state index contributed by atoms with van der Waals surface area (Å²) < 4.78 is 5.88. The van der Waals surface area contributed by atoms with Gasteiger partial charge in [0.05, 0.1) is 0 Å². The summed E-state index contributed by atoms with van der Waals surface area (Å²) in [5.74, 6) is -0.934. The van der Waals surface area contributed by atoms with Crippen LogP contribution < -0.4 is 0 Å². The Morgan fingerprint density at radius 2 is 1.58 bits per heavy atom. The minimum Gasteiger partial charge on any atom is -0.479 e. The smallest absolute Gasteiger partial charge is 0.411 e. The van der Waals surface area contributed by atoms with Gasteiger partial charge in [0, 0.05) is 12.0 Å². The second-order valence-electron chi connectivity index (χ2n) is 10.1. The van der Waals surface area contributed by atoms with Gasteiger partial charge in [0.25, 0.3) is 0 Å². The van der Waals surface area contributed by atoms with E-state index >= 15 is 0 Å². The molecule has 2 aromatic rings. The molecule has 5 rings (SSSR count). The van der Waals surface area contributed by atoms with E-state index in [4.69, 9.17) is 4.74 Å². The fraction of sp³-hybridized carbons (Fsp3) is 0.462. The van der Waals surface area contributed by atoms with Crippen molar-refractivity contribution in [3.05, 3.63) is 59.7 Å². The average Bonchev–Trinajstić information content (AvgIpc) is 3.44. The molecule has 2 aromatic carbocycles.